The Labute approximate surface area is 191 Å². The highest BCUT2D eigenvalue weighted by molar-refractivity contribution is 5.83. The molecule has 0 saturated heterocycles. The molecular weight excluding hydrogens is 416 g/mol. The van der Waals surface area contributed by atoms with Crippen molar-refractivity contribution in [3.05, 3.63) is 77.9 Å². The van der Waals surface area contributed by atoms with Crippen molar-refractivity contribution in [3.8, 4) is 11.4 Å². The maximum atomic E-state index is 11.0. The van der Waals surface area contributed by atoms with Gasteiger partial charge in [0.2, 0.25) is 11.9 Å². The van der Waals surface area contributed by atoms with Gasteiger partial charge in [0.05, 0.1) is 5.54 Å². The van der Waals surface area contributed by atoms with Crippen molar-refractivity contribution in [2.75, 3.05) is 11.1 Å². The lowest BCUT2D eigenvalue weighted by atomic mass is 9.92. The molecule has 168 valence electrons. The molecule has 4 rings (SSSR count). The van der Waals surface area contributed by atoms with Gasteiger partial charge in [0.25, 0.3) is 0 Å². The molecule has 1 atom stereocenters. The van der Waals surface area contributed by atoms with Crippen LogP contribution in [0.5, 0.6) is 0 Å². The van der Waals surface area contributed by atoms with Crippen molar-refractivity contribution in [1.82, 2.24) is 15.0 Å². The number of nitrogen functional groups attached to an aromatic ring is 1. The first-order valence-corrected chi connectivity index (χ1v) is 10.6. The third-order valence-corrected chi connectivity index (χ3v) is 5.53. The minimum atomic E-state index is -1.03. The van der Waals surface area contributed by atoms with Crippen LogP contribution in [0.15, 0.2) is 66.7 Å². The molecule has 4 aromatic rings. The average Bonchev–Trinajstić information content (AvgIpc) is 2.78. The third-order valence-electron chi connectivity index (χ3n) is 5.53. The highest BCUT2D eigenvalue weighted by atomic mass is 16.4. The molecule has 0 fully saturated rings. The van der Waals surface area contributed by atoms with Crippen molar-refractivity contribution in [3.63, 3.8) is 0 Å². The number of fused-ring (bicyclic) bond motifs is 1. The largest absolute Gasteiger partial charge is 0.480 e. The second-order valence-electron chi connectivity index (χ2n) is 8.50. The van der Waals surface area contributed by atoms with E-state index in [0.29, 0.717) is 11.8 Å². The number of hydrogen-bond acceptors (Lipinski definition) is 7. The van der Waals surface area contributed by atoms with Gasteiger partial charge in [-0.05, 0) is 48.2 Å². The number of hydrogen-bond donors (Lipinski definition) is 4. The van der Waals surface area contributed by atoms with Gasteiger partial charge in [-0.2, -0.15) is 15.0 Å². The minimum absolute atomic E-state index is 0.105. The van der Waals surface area contributed by atoms with E-state index in [1.54, 1.807) is 0 Å². The lowest BCUT2D eigenvalue weighted by Gasteiger charge is -2.27. The predicted octanol–water partition coefficient (Wildman–Crippen LogP) is 3.58. The molecule has 33 heavy (non-hydrogen) atoms. The van der Waals surface area contributed by atoms with E-state index in [2.05, 4.69) is 64.4 Å². The van der Waals surface area contributed by atoms with Gasteiger partial charge in [-0.25, -0.2) is 0 Å². The number of aliphatic carboxylic acids is 1. The summed E-state index contributed by atoms with van der Waals surface area (Å²) in [5.74, 6) is -0.135. The van der Waals surface area contributed by atoms with Gasteiger partial charge < -0.3 is 21.9 Å². The molecule has 0 saturated carbocycles. The van der Waals surface area contributed by atoms with Crippen LogP contribution in [0, 0.1) is 0 Å². The van der Waals surface area contributed by atoms with E-state index in [1.165, 1.54) is 5.39 Å². The third kappa shape index (κ3) is 5.07. The minimum Gasteiger partial charge on any atom is -0.480 e. The quantitative estimate of drug-likeness (QED) is 0.340. The molecule has 0 aliphatic carbocycles. The number of carboxylic acid groups (broad SMARTS) is 1. The normalized spacial score (nSPS) is 12.5. The summed E-state index contributed by atoms with van der Waals surface area (Å²) in [6, 6.07) is 20.8. The summed E-state index contributed by atoms with van der Waals surface area (Å²) in [4.78, 5) is 24.1. The van der Waals surface area contributed by atoms with Gasteiger partial charge in [-0.1, -0.05) is 60.7 Å². The molecular formula is C25H26N6O2. The smallest absolute Gasteiger partial charge is 0.320 e. The Bertz CT molecular complexity index is 1300. The Balaban J connectivity index is 1.58. The first-order chi connectivity index (χ1) is 15.7. The second kappa shape index (κ2) is 8.84. The lowest BCUT2D eigenvalue weighted by molar-refractivity contribution is -0.138. The number of nitrogens with two attached hydrogens (primary N) is 2. The van der Waals surface area contributed by atoms with E-state index in [4.69, 9.17) is 16.6 Å². The monoisotopic (exact) mass is 442 g/mol. The van der Waals surface area contributed by atoms with Crippen LogP contribution < -0.4 is 16.8 Å². The Kier molecular flexibility index (Phi) is 5.93. The number of nitrogens with one attached hydrogen (secondary N) is 1. The van der Waals surface area contributed by atoms with E-state index in [-0.39, 0.29) is 12.4 Å². The number of anilines is 2. The molecule has 1 aromatic heterocycles. The standard InChI is InChI=1S/C25H26N6O2/c1-25(2,19-12-11-16-5-3-4-6-18(16)14-19)31-24-29-21(28-23(27)30-24)17-9-7-15(8-10-17)13-20(26)22(32)33/h3-12,14,20H,13,26H2,1-2H3,(H,32,33)(H3,27,28,29,30,31)/t20-/m0/s1. The summed E-state index contributed by atoms with van der Waals surface area (Å²) in [6.07, 6.45) is 0.238. The molecule has 0 bridgehead atoms. The van der Waals surface area contributed by atoms with E-state index in [9.17, 15) is 4.79 Å². The first-order valence-electron chi connectivity index (χ1n) is 10.6. The molecule has 3 aromatic carbocycles. The first kappa shape index (κ1) is 22.2. The molecule has 8 nitrogen and oxygen atoms in total. The Hall–Kier alpha value is -4.04. The molecule has 0 amide bonds. The molecule has 0 unspecified atom stereocenters. The van der Waals surface area contributed by atoms with Crippen LogP contribution in [0.2, 0.25) is 0 Å². The number of nitrogens with zero attached hydrogens (tertiary/aromatic N) is 3. The van der Waals surface area contributed by atoms with Gasteiger partial charge >= 0.3 is 5.97 Å². The SMILES string of the molecule is CC(C)(Nc1nc(N)nc(-c2ccc(C[C@H](N)C(=O)O)cc2)n1)c1ccc2ccccc2c1. The molecule has 0 aliphatic heterocycles. The summed E-state index contributed by atoms with van der Waals surface area (Å²) < 4.78 is 0. The maximum absolute atomic E-state index is 11.0. The molecule has 6 N–H and O–H groups in total. The van der Waals surface area contributed by atoms with Crippen molar-refractivity contribution in [2.24, 2.45) is 5.73 Å². The second-order valence-corrected chi connectivity index (χ2v) is 8.50. The Morgan fingerprint density at radius 2 is 1.70 bits per heavy atom. The molecule has 0 spiro atoms. The predicted molar refractivity (Wildman–Crippen MR) is 130 cm³/mol. The number of carbonyl (C=O) groups is 1. The van der Waals surface area contributed by atoms with Crippen LogP contribution in [0.4, 0.5) is 11.9 Å². The van der Waals surface area contributed by atoms with Crippen molar-refractivity contribution in [2.45, 2.75) is 31.8 Å². The van der Waals surface area contributed by atoms with Crippen LogP contribution in [-0.4, -0.2) is 32.1 Å². The summed E-state index contributed by atoms with van der Waals surface area (Å²) in [5.41, 5.74) is 13.8. The van der Waals surface area contributed by atoms with E-state index in [1.807, 2.05) is 36.4 Å². The number of aromatic nitrogens is 3. The van der Waals surface area contributed by atoms with Gasteiger partial charge in [-0.3, -0.25) is 4.79 Å². The zero-order valence-electron chi connectivity index (χ0n) is 18.5. The van der Waals surface area contributed by atoms with Crippen LogP contribution in [0.1, 0.15) is 25.0 Å². The fraction of sp³-hybridized carbons (Fsp3) is 0.200. The van der Waals surface area contributed by atoms with E-state index in [0.717, 1.165) is 22.1 Å². The topological polar surface area (TPSA) is 140 Å². The number of benzene rings is 3. The van der Waals surface area contributed by atoms with E-state index < -0.39 is 17.6 Å². The summed E-state index contributed by atoms with van der Waals surface area (Å²) in [7, 11) is 0. The van der Waals surface area contributed by atoms with Gasteiger partial charge in [0.15, 0.2) is 5.82 Å². The maximum Gasteiger partial charge on any atom is 0.320 e. The summed E-state index contributed by atoms with van der Waals surface area (Å²) in [6.45, 7) is 4.11. The van der Waals surface area contributed by atoms with Crippen LogP contribution in [-0.2, 0) is 16.8 Å². The van der Waals surface area contributed by atoms with Crippen LogP contribution in [0.3, 0.4) is 0 Å². The van der Waals surface area contributed by atoms with Gasteiger partial charge in [-0.15, -0.1) is 0 Å². The summed E-state index contributed by atoms with van der Waals surface area (Å²) >= 11 is 0. The highest BCUT2D eigenvalue weighted by Gasteiger charge is 2.23. The van der Waals surface area contributed by atoms with Crippen molar-refractivity contribution < 1.29 is 9.90 Å². The van der Waals surface area contributed by atoms with Crippen LogP contribution >= 0.6 is 0 Å². The van der Waals surface area contributed by atoms with Gasteiger partial charge in [0, 0.05) is 5.56 Å². The Morgan fingerprint density at radius 3 is 2.39 bits per heavy atom. The molecule has 0 radical (unpaired) electrons. The fourth-order valence-electron chi connectivity index (χ4n) is 3.64. The number of carboxylic acids is 1. The zero-order valence-corrected chi connectivity index (χ0v) is 18.5. The molecule has 1 heterocycles. The Morgan fingerprint density at radius 1 is 1.00 bits per heavy atom. The van der Waals surface area contributed by atoms with E-state index >= 15 is 0 Å². The van der Waals surface area contributed by atoms with Crippen LogP contribution in [0.25, 0.3) is 22.2 Å². The molecule has 8 heteroatoms. The average molecular weight is 443 g/mol. The summed E-state index contributed by atoms with van der Waals surface area (Å²) in [5, 5.41) is 14.7. The molecule has 0 aliphatic rings. The van der Waals surface area contributed by atoms with Crippen molar-refractivity contribution in [1.29, 1.82) is 0 Å². The van der Waals surface area contributed by atoms with Gasteiger partial charge in [0.1, 0.15) is 6.04 Å². The lowest BCUT2D eigenvalue weighted by Crippen LogP contribution is -2.32. The van der Waals surface area contributed by atoms with Crippen molar-refractivity contribution >= 4 is 28.6 Å². The highest BCUT2D eigenvalue weighted by Crippen LogP contribution is 2.28. The number of rotatable bonds is 7. The zero-order chi connectivity index (χ0) is 23.6. The fourth-order valence-corrected chi connectivity index (χ4v) is 3.64.